The number of halogens is 2. The van der Waals surface area contributed by atoms with Crippen molar-refractivity contribution >= 4 is 30.1 Å². The summed E-state index contributed by atoms with van der Waals surface area (Å²) in [6, 6.07) is 23.3. The van der Waals surface area contributed by atoms with Gasteiger partial charge in [-0.25, -0.2) is 8.78 Å². The lowest BCUT2D eigenvalue weighted by atomic mass is 10.00. The molecule has 2 atom stereocenters. The van der Waals surface area contributed by atoms with E-state index in [0.29, 0.717) is 24.4 Å². The first-order valence-electron chi connectivity index (χ1n) is 14.8. The van der Waals surface area contributed by atoms with E-state index in [1.807, 2.05) is 55.1 Å². The summed E-state index contributed by atoms with van der Waals surface area (Å²) in [6.07, 6.45) is -0.391. The van der Waals surface area contributed by atoms with Gasteiger partial charge < -0.3 is 23.8 Å². The van der Waals surface area contributed by atoms with Gasteiger partial charge in [0.15, 0.2) is 11.6 Å². The van der Waals surface area contributed by atoms with Crippen molar-refractivity contribution in [3.8, 4) is 0 Å². The zero-order chi connectivity index (χ0) is 31.6. The molecule has 0 unspecified atom stereocenters. The molecule has 1 fully saturated rings. The fourth-order valence-electron chi connectivity index (χ4n) is 6.32. The number of ether oxygens (including phenoxy) is 1. The van der Waals surface area contributed by atoms with Crippen LogP contribution in [-0.4, -0.2) is 49.7 Å². The molecular formula is C34H39F2N3O4Si. The van der Waals surface area contributed by atoms with Crippen LogP contribution < -0.4 is 15.3 Å². The molecule has 0 aliphatic carbocycles. The highest BCUT2D eigenvalue weighted by Gasteiger charge is 2.50. The predicted octanol–water partition coefficient (Wildman–Crippen LogP) is 6.18. The molecule has 5 rings (SSSR count). The first-order valence-corrected chi connectivity index (χ1v) is 16.7. The number of hydrogen-bond donors (Lipinski definition) is 1. The van der Waals surface area contributed by atoms with Gasteiger partial charge in [0.25, 0.3) is 8.32 Å². The van der Waals surface area contributed by atoms with Crippen LogP contribution in [0.25, 0.3) is 0 Å². The Morgan fingerprint density at radius 1 is 0.977 bits per heavy atom. The molecule has 1 N–H and O–H groups in total. The average molecular weight is 620 g/mol. The van der Waals surface area contributed by atoms with E-state index in [1.54, 1.807) is 6.92 Å². The molecule has 4 aromatic rings. The Labute approximate surface area is 258 Å². The van der Waals surface area contributed by atoms with Crippen LogP contribution in [0.4, 0.5) is 14.5 Å². The lowest BCUT2D eigenvalue weighted by molar-refractivity contribution is -0.00553. The van der Waals surface area contributed by atoms with E-state index in [0.717, 1.165) is 10.4 Å². The van der Waals surface area contributed by atoms with E-state index in [9.17, 15) is 5.21 Å². The molecular weight excluding hydrogens is 580 g/mol. The van der Waals surface area contributed by atoms with Gasteiger partial charge in [0.05, 0.1) is 24.5 Å². The number of benzene rings is 3. The lowest BCUT2D eigenvalue weighted by Crippen LogP contribution is -2.66. The maximum atomic E-state index is 16.4. The molecule has 0 spiro atoms. The molecule has 232 valence electrons. The fourth-order valence-corrected chi connectivity index (χ4v) is 10.8. The van der Waals surface area contributed by atoms with Gasteiger partial charge in [-0.15, -0.1) is 0 Å². The molecule has 0 bridgehead atoms. The summed E-state index contributed by atoms with van der Waals surface area (Å²) in [5.41, 5.74) is 0.149. The zero-order valence-electron chi connectivity index (χ0n) is 26.0. The number of hydrogen-bond acceptors (Lipinski definition) is 7. The van der Waals surface area contributed by atoms with Crippen molar-refractivity contribution in [3.05, 3.63) is 107 Å². The highest BCUT2D eigenvalue weighted by Crippen LogP contribution is 2.39. The van der Waals surface area contributed by atoms with E-state index in [4.69, 9.17) is 13.7 Å². The highest BCUT2D eigenvalue weighted by molar-refractivity contribution is 6.99. The van der Waals surface area contributed by atoms with Gasteiger partial charge in [-0.3, -0.25) is 0 Å². The minimum atomic E-state index is -3.04. The Morgan fingerprint density at radius 2 is 1.55 bits per heavy atom. The maximum Gasteiger partial charge on any atom is 0.261 e. The summed E-state index contributed by atoms with van der Waals surface area (Å²) in [6.45, 7) is 12.7. The van der Waals surface area contributed by atoms with Gasteiger partial charge in [0, 0.05) is 30.3 Å². The van der Waals surface area contributed by atoms with Gasteiger partial charge in [-0.05, 0) is 42.2 Å². The Morgan fingerprint density at radius 3 is 2.02 bits per heavy atom. The van der Waals surface area contributed by atoms with Crippen LogP contribution in [0, 0.1) is 18.6 Å². The molecule has 0 radical (unpaired) electrons. The van der Waals surface area contributed by atoms with E-state index in [-0.39, 0.29) is 46.5 Å². The normalized spacial score (nSPS) is 18.1. The molecule has 3 aromatic carbocycles. The number of morpholine rings is 1. The number of anilines is 1. The molecule has 1 aromatic heterocycles. The highest BCUT2D eigenvalue weighted by atomic mass is 28.4. The van der Waals surface area contributed by atoms with Gasteiger partial charge in [-0.2, -0.15) is 0 Å². The average Bonchev–Trinajstić information content (AvgIpc) is 3.41. The van der Waals surface area contributed by atoms with Crippen molar-refractivity contribution in [2.24, 2.45) is 5.16 Å². The van der Waals surface area contributed by atoms with E-state index >= 15 is 8.78 Å². The molecule has 0 saturated carbocycles. The molecule has 44 heavy (non-hydrogen) atoms. The van der Waals surface area contributed by atoms with Crippen LogP contribution in [0.3, 0.4) is 0 Å². The fraction of sp³-hybridized carbons (Fsp3) is 0.353. The largest absolute Gasteiger partial charge is 0.410 e. The number of nitrogens with zero attached hydrogens (tertiary/aromatic N) is 3. The van der Waals surface area contributed by atoms with Crippen molar-refractivity contribution in [2.75, 3.05) is 18.0 Å². The van der Waals surface area contributed by atoms with Crippen molar-refractivity contribution in [3.63, 3.8) is 0 Å². The molecule has 1 aliphatic rings. The van der Waals surface area contributed by atoms with Crippen LogP contribution >= 0.6 is 0 Å². The monoisotopic (exact) mass is 619 g/mol. The minimum Gasteiger partial charge on any atom is -0.410 e. The number of aromatic nitrogens is 1. The van der Waals surface area contributed by atoms with Crippen molar-refractivity contribution in [1.82, 2.24) is 5.16 Å². The van der Waals surface area contributed by atoms with Gasteiger partial charge in [0.2, 0.25) is 0 Å². The quantitative estimate of drug-likeness (QED) is 0.110. The van der Waals surface area contributed by atoms with Gasteiger partial charge >= 0.3 is 0 Å². The van der Waals surface area contributed by atoms with E-state index in [1.165, 1.54) is 12.1 Å². The molecule has 1 saturated heterocycles. The van der Waals surface area contributed by atoms with Crippen LogP contribution in [-0.2, 0) is 15.8 Å². The number of rotatable bonds is 8. The van der Waals surface area contributed by atoms with Crippen LogP contribution in [0.2, 0.25) is 5.04 Å². The summed E-state index contributed by atoms with van der Waals surface area (Å²) < 4.78 is 50.6. The molecule has 2 heterocycles. The smallest absolute Gasteiger partial charge is 0.261 e. The Hall–Kier alpha value is -3.86. The number of aryl methyl sites for hydroxylation is 1. The maximum absolute atomic E-state index is 16.4. The summed E-state index contributed by atoms with van der Waals surface area (Å²) >= 11 is 0. The van der Waals surface area contributed by atoms with Crippen molar-refractivity contribution in [2.45, 2.75) is 65.4 Å². The van der Waals surface area contributed by atoms with E-state index < -0.39 is 20.0 Å². The minimum absolute atomic E-state index is 0.0243. The summed E-state index contributed by atoms with van der Waals surface area (Å²) in [4.78, 5) is 1.82. The predicted molar refractivity (Wildman–Crippen MR) is 170 cm³/mol. The van der Waals surface area contributed by atoms with Crippen molar-refractivity contribution in [1.29, 1.82) is 0 Å². The Kier molecular flexibility index (Phi) is 9.06. The number of oxime groups is 1. The van der Waals surface area contributed by atoms with Crippen LogP contribution in [0.15, 0.2) is 82.5 Å². The first-order chi connectivity index (χ1) is 21.0. The van der Waals surface area contributed by atoms with Crippen LogP contribution in [0.5, 0.6) is 0 Å². The zero-order valence-corrected chi connectivity index (χ0v) is 27.0. The molecule has 0 amide bonds. The third-order valence-electron chi connectivity index (χ3n) is 8.08. The topological polar surface area (TPSA) is 80.3 Å². The second-order valence-corrected chi connectivity index (χ2v) is 16.8. The van der Waals surface area contributed by atoms with Crippen LogP contribution in [0.1, 0.15) is 57.2 Å². The Bertz CT molecular complexity index is 1570. The molecule has 1 aliphatic heterocycles. The third kappa shape index (κ3) is 5.94. The summed E-state index contributed by atoms with van der Waals surface area (Å²) in [7, 11) is -3.04. The van der Waals surface area contributed by atoms with Crippen molar-refractivity contribution < 1.29 is 27.7 Å². The van der Waals surface area contributed by atoms with E-state index in [2.05, 4.69) is 55.3 Å². The van der Waals surface area contributed by atoms with Gasteiger partial charge in [-0.1, -0.05) is 91.7 Å². The Balaban J connectivity index is 1.70. The second-order valence-electron chi connectivity index (χ2n) is 12.4. The first kappa shape index (κ1) is 31.6. The summed E-state index contributed by atoms with van der Waals surface area (Å²) in [5, 5.41) is 19.0. The standard InChI is InChI=1S/C34H39F2N3O4Si/c1-22-17-29(38-43-22)32(37-40)28-18-25(33(31(36)30(28)35)39-19-23(2)42-24(3)20-39)21-41-44(34(4,5)6,26-13-9-7-10-14-26)27-15-11-8-12-16-27/h7-18,23-24,40H,19-21H2,1-6H3/b37-32-/t23-,24+. The molecule has 7 nitrogen and oxygen atoms in total. The lowest BCUT2D eigenvalue weighted by Gasteiger charge is -2.43. The SMILES string of the molecule is Cc1cc(/C(=N\O)c2cc(CO[Si](c3ccccc3)(c3ccccc3)C(C)(C)C)c(N3C[C@@H](C)O[C@@H](C)C3)c(F)c2F)no1. The summed E-state index contributed by atoms with van der Waals surface area (Å²) in [5.74, 6) is -1.76. The third-order valence-corrected chi connectivity index (χ3v) is 13.1. The second kappa shape index (κ2) is 12.6. The van der Waals surface area contributed by atoms with Gasteiger partial charge in [0.1, 0.15) is 17.2 Å². The molecule has 10 heteroatoms.